The number of urea groups is 1. The quantitative estimate of drug-likeness (QED) is 0.333. The topological polar surface area (TPSA) is 90.0 Å². The van der Waals surface area contributed by atoms with Crippen molar-refractivity contribution in [2.24, 2.45) is 0 Å². The van der Waals surface area contributed by atoms with E-state index in [-0.39, 0.29) is 42.5 Å². The van der Waals surface area contributed by atoms with Crippen LogP contribution in [0.5, 0.6) is 0 Å². The van der Waals surface area contributed by atoms with Gasteiger partial charge in [0.2, 0.25) is 15.9 Å². The Morgan fingerprint density at radius 3 is 2.31 bits per heavy atom. The number of carbonyl (C=O) groups excluding carboxylic acids is 2. The Kier molecular flexibility index (Phi) is 10.3. The highest BCUT2D eigenvalue weighted by molar-refractivity contribution is 7.89. The van der Waals surface area contributed by atoms with Crippen molar-refractivity contribution < 1.29 is 22.4 Å². The molecule has 1 aliphatic rings. The normalized spacial score (nSPS) is 14.2. The fraction of sp³-hybridized carbons (Fsp3) is 0.375. The van der Waals surface area contributed by atoms with Gasteiger partial charge in [-0.15, -0.1) is 0 Å². The number of amides is 3. The van der Waals surface area contributed by atoms with Gasteiger partial charge in [-0.1, -0.05) is 43.3 Å². The summed E-state index contributed by atoms with van der Waals surface area (Å²) >= 11 is 0. The lowest BCUT2D eigenvalue weighted by atomic mass is 10.0. The molecule has 8 nitrogen and oxygen atoms in total. The van der Waals surface area contributed by atoms with E-state index in [1.807, 2.05) is 39.0 Å². The number of sulfonamides is 1. The minimum Gasteiger partial charge on any atom is -0.334 e. The van der Waals surface area contributed by atoms with Gasteiger partial charge in [-0.05, 0) is 86.2 Å². The van der Waals surface area contributed by atoms with Gasteiger partial charge in [0.15, 0.2) is 0 Å². The van der Waals surface area contributed by atoms with Crippen LogP contribution in [0.2, 0.25) is 0 Å². The van der Waals surface area contributed by atoms with Crippen LogP contribution >= 0.6 is 0 Å². The predicted molar refractivity (Wildman–Crippen MR) is 162 cm³/mol. The molecule has 0 atom stereocenters. The van der Waals surface area contributed by atoms with Gasteiger partial charge in [0.1, 0.15) is 5.82 Å². The highest BCUT2D eigenvalue weighted by atomic mass is 32.2. The SMILES string of the molecule is CCCN(CC(=O)N(Cc1cccc(F)c1)C1CCN(C(=O)Nc2ccc(C)c(C)c2)CC1)S(=O)(=O)c1ccccc1. The number of hydrogen-bond acceptors (Lipinski definition) is 4. The Hall–Kier alpha value is -3.76. The molecule has 0 unspecified atom stereocenters. The summed E-state index contributed by atoms with van der Waals surface area (Å²) in [5, 5.41) is 2.96. The van der Waals surface area contributed by atoms with Crippen LogP contribution in [-0.4, -0.2) is 66.7 Å². The van der Waals surface area contributed by atoms with Gasteiger partial charge in [-0.3, -0.25) is 4.79 Å². The second-order valence-corrected chi connectivity index (χ2v) is 12.7. The summed E-state index contributed by atoms with van der Waals surface area (Å²) in [6.07, 6.45) is 1.57. The molecular formula is C32H39FN4O4S. The van der Waals surface area contributed by atoms with Crippen molar-refractivity contribution in [3.63, 3.8) is 0 Å². The van der Waals surface area contributed by atoms with Crippen LogP contribution in [-0.2, 0) is 21.4 Å². The first-order chi connectivity index (χ1) is 20.1. The maximum absolute atomic E-state index is 14.0. The van der Waals surface area contributed by atoms with E-state index < -0.39 is 15.8 Å². The van der Waals surface area contributed by atoms with Crippen LogP contribution in [0.3, 0.4) is 0 Å². The molecule has 1 aliphatic heterocycles. The molecule has 4 rings (SSSR count). The van der Waals surface area contributed by atoms with Crippen molar-refractivity contribution in [2.75, 3.05) is 31.5 Å². The Balaban J connectivity index is 1.50. The zero-order chi connectivity index (χ0) is 30.3. The third-order valence-corrected chi connectivity index (χ3v) is 9.54. The van der Waals surface area contributed by atoms with Crippen LogP contribution in [0.25, 0.3) is 0 Å². The van der Waals surface area contributed by atoms with Gasteiger partial charge in [-0.2, -0.15) is 4.31 Å². The first kappa shape index (κ1) is 31.2. The number of hydrogen-bond donors (Lipinski definition) is 1. The maximum atomic E-state index is 14.0. The molecule has 1 N–H and O–H groups in total. The van der Waals surface area contributed by atoms with Crippen molar-refractivity contribution in [3.05, 3.63) is 95.3 Å². The average Bonchev–Trinajstić information content (AvgIpc) is 2.98. The number of benzene rings is 3. The average molecular weight is 595 g/mol. The Labute approximate surface area is 248 Å². The fourth-order valence-corrected chi connectivity index (χ4v) is 6.67. The second kappa shape index (κ2) is 13.9. The largest absolute Gasteiger partial charge is 0.334 e. The Bertz CT molecular complexity index is 1490. The molecule has 1 saturated heterocycles. The van der Waals surface area contributed by atoms with E-state index in [2.05, 4.69) is 5.32 Å². The van der Waals surface area contributed by atoms with Gasteiger partial charge in [0.25, 0.3) is 0 Å². The molecule has 224 valence electrons. The summed E-state index contributed by atoms with van der Waals surface area (Å²) in [4.78, 5) is 30.3. The van der Waals surface area contributed by atoms with Crippen molar-refractivity contribution in [2.45, 2.75) is 57.5 Å². The molecule has 0 aliphatic carbocycles. The standard InChI is InChI=1S/C32H39FN4O4S/c1-4-17-36(42(40,41)30-11-6-5-7-12-30)23-31(38)37(22-26-9-8-10-27(33)21-26)29-15-18-35(19-16-29)32(39)34-28-14-13-24(2)25(3)20-28/h5-14,20-21,29H,4,15-19,22-23H2,1-3H3,(H,34,39). The number of anilines is 1. The lowest BCUT2D eigenvalue weighted by Gasteiger charge is -2.39. The molecule has 10 heteroatoms. The number of aryl methyl sites for hydroxylation is 2. The molecule has 0 saturated carbocycles. The lowest BCUT2D eigenvalue weighted by Crippen LogP contribution is -2.51. The smallest absolute Gasteiger partial charge is 0.321 e. The maximum Gasteiger partial charge on any atom is 0.321 e. The summed E-state index contributed by atoms with van der Waals surface area (Å²) in [5.41, 5.74) is 3.57. The Morgan fingerprint density at radius 2 is 1.67 bits per heavy atom. The Morgan fingerprint density at radius 1 is 0.952 bits per heavy atom. The molecule has 0 spiro atoms. The highest BCUT2D eigenvalue weighted by Crippen LogP contribution is 2.23. The number of nitrogens with one attached hydrogen (secondary N) is 1. The summed E-state index contributed by atoms with van der Waals surface area (Å²) < 4.78 is 42.1. The molecule has 0 radical (unpaired) electrons. The molecule has 3 amide bonds. The zero-order valence-corrected chi connectivity index (χ0v) is 25.2. The van der Waals surface area contributed by atoms with E-state index in [4.69, 9.17) is 0 Å². The van der Waals surface area contributed by atoms with Gasteiger partial charge >= 0.3 is 6.03 Å². The van der Waals surface area contributed by atoms with Crippen molar-refractivity contribution in [1.82, 2.24) is 14.1 Å². The van der Waals surface area contributed by atoms with E-state index in [9.17, 15) is 22.4 Å². The van der Waals surface area contributed by atoms with Crippen LogP contribution in [0.15, 0.2) is 77.7 Å². The highest BCUT2D eigenvalue weighted by Gasteiger charge is 2.33. The third kappa shape index (κ3) is 7.74. The van der Waals surface area contributed by atoms with Gasteiger partial charge in [-0.25, -0.2) is 17.6 Å². The molecule has 3 aromatic carbocycles. The van der Waals surface area contributed by atoms with Crippen molar-refractivity contribution in [1.29, 1.82) is 0 Å². The monoisotopic (exact) mass is 594 g/mol. The molecule has 3 aromatic rings. The minimum atomic E-state index is -3.89. The first-order valence-electron chi connectivity index (χ1n) is 14.3. The van der Waals surface area contributed by atoms with Gasteiger partial charge in [0.05, 0.1) is 11.4 Å². The summed E-state index contributed by atoms with van der Waals surface area (Å²) in [6.45, 7) is 6.73. The predicted octanol–water partition coefficient (Wildman–Crippen LogP) is 5.57. The third-order valence-electron chi connectivity index (χ3n) is 7.68. The van der Waals surface area contributed by atoms with E-state index >= 15 is 0 Å². The molecule has 0 aromatic heterocycles. The number of likely N-dealkylation sites (tertiary alicyclic amines) is 1. The fourth-order valence-electron chi connectivity index (χ4n) is 5.17. The van der Waals surface area contributed by atoms with Gasteiger partial charge in [0, 0.05) is 37.9 Å². The van der Waals surface area contributed by atoms with E-state index in [0.717, 1.165) is 16.8 Å². The number of halogens is 1. The number of rotatable bonds is 10. The summed E-state index contributed by atoms with van der Waals surface area (Å²) in [7, 11) is -3.89. The molecule has 1 heterocycles. The zero-order valence-electron chi connectivity index (χ0n) is 24.4. The van der Waals surface area contributed by atoms with Crippen LogP contribution in [0.4, 0.5) is 14.9 Å². The lowest BCUT2D eigenvalue weighted by molar-refractivity contribution is -0.135. The van der Waals surface area contributed by atoms with Crippen LogP contribution < -0.4 is 5.32 Å². The van der Waals surface area contributed by atoms with Crippen molar-refractivity contribution in [3.8, 4) is 0 Å². The molecule has 1 fully saturated rings. The van der Waals surface area contributed by atoms with Crippen LogP contribution in [0, 0.1) is 19.7 Å². The number of piperidine rings is 1. The van der Waals surface area contributed by atoms with E-state index in [1.165, 1.54) is 28.6 Å². The molecule has 42 heavy (non-hydrogen) atoms. The number of nitrogens with zero attached hydrogens (tertiary/aromatic N) is 3. The van der Waals surface area contributed by atoms with Gasteiger partial charge < -0.3 is 15.1 Å². The molecule has 0 bridgehead atoms. The number of carbonyl (C=O) groups is 2. The first-order valence-corrected chi connectivity index (χ1v) is 15.7. The summed E-state index contributed by atoms with van der Waals surface area (Å²) in [5.74, 6) is -0.762. The van der Waals surface area contributed by atoms with Crippen molar-refractivity contribution >= 4 is 27.6 Å². The summed E-state index contributed by atoms with van der Waals surface area (Å²) in [6, 6.07) is 19.5. The molecular weight excluding hydrogens is 555 g/mol. The second-order valence-electron chi connectivity index (χ2n) is 10.8. The minimum absolute atomic E-state index is 0.131. The van der Waals surface area contributed by atoms with E-state index in [0.29, 0.717) is 37.9 Å². The van der Waals surface area contributed by atoms with Crippen LogP contribution in [0.1, 0.15) is 42.9 Å². The van der Waals surface area contributed by atoms with E-state index in [1.54, 1.807) is 40.1 Å².